The Morgan fingerprint density at radius 2 is 1.92 bits per heavy atom. The van der Waals surface area contributed by atoms with E-state index >= 15 is 0 Å². The average Bonchev–Trinajstić information content (AvgIpc) is 2.65. The van der Waals surface area contributed by atoms with Gasteiger partial charge < -0.3 is 15.5 Å². The van der Waals surface area contributed by atoms with Crippen molar-refractivity contribution >= 4 is 28.8 Å². The molecule has 3 rings (SSSR count). The first-order chi connectivity index (χ1) is 11.8. The van der Waals surface area contributed by atoms with E-state index in [0.29, 0.717) is 11.2 Å². The van der Waals surface area contributed by atoms with Gasteiger partial charge >= 0.3 is 0 Å². The molecule has 128 valence electrons. The topological polar surface area (TPSA) is 53.1 Å². The maximum absolute atomic E-state index is 5.36. The van der Waals surface area contributed by atoms with Gasteiger partial charge in [0.2, 0.25) is 0 Å². The molecule has 0 amide bonds. The molecule has 2 aromatic heterocycles. The van der Waals surface area contributed by atoms with Gasteiger partial charge in [0.1, 0.15) is 5.82 Å². The SMILES string of the molecule is CC.S=C(Nc1cccnc1)NC1CCN(c2ccccn2)CC1. The van der Waals surface area contributed by atoms with Crippen molar-refractivity contribution in [3.05, 3.63) is 48.9 Å². The Morgan fingerprint density at radius 3 is 2.54 bits per heavy atom. The minimum absolute atomic E-state index is 0.400. The van der Waals surface area contributed by atoms with E-state index in [0.717, 1.165) is 37.4 Å². The van der Waals surface area contributed by atoms with E-state index in [9.17, 15) is 0 Å². The number of thiocarbonyl (C=S) groups is 1. The van der Waals surface area contributed by atoms with Crippen LogP contribution in [-0.2, 0) is 0 Å². The van der Waals surface area contributed by atoms with Gasteiger partial charge in [-0.25, -0.2) is 4.98 Å². The van der Waals surface area contributed by atoms with Crippen LogP contribution in [0.1, 0.15) is 26.7 Å². The number of hydrogen-bond donors (Lipinski definition) is 2. The normalized spacial score (nSPS) is 14.3. The molecular weight excluding hydrogens is 318 g/mol. The zero-order valence-electron chi connectivity index (χ0n) is 14.3. The highest BCUT2D eigenvalue weighted by Crippen LogP contribution is 2.17. The number of piperidine rings is 1. The lowest BCUT2D eigenvalue weighted by molar-refractivity contribution is 0.466. The molecule has 0 bridgehead atoms. The Kier molecular flexibility index (Phi) is 7.42. The molecule has 0 aliphatic carbocycles. The maximum Gasteiger partial charge on any atom is 0.171 e. The highest BCUT2D eigenvalue weighted by Gasteiger charge is 2.20. The third-order valence-electron chi connectivity index (χ3n) is 3.72. The molecule has 3 heterocycles. The fraction of sp³-hybridized carbons (Fsp3) is 0.389. The Morgan fingerprint density at radius 1 is 1.12 bits per heavy atom. The lowest BCUT2D eigenvalue weighted by Gasteiger charge is -2.33. The van der Waals surface area contributed by atoms with Crippen LogP contribution in [0.15, 0.2) is 48.9 Å². The van der Waals surface area contributed by atoms with Gasteiger partial charge in [0.05, 0.1) is 11.9 Å². The number of aromatic nitrogens is 2. The van der Waals surface area contributed by atoms with Gasteiger partial charge in [-0.05, 0) is 49.3 Å². The standard InChI is InChI=1S/C16H19N5S.C2H6/c22-16(20-14-4-3-8-17-12-14)19-13-6-10-21(11-7-13)15-5-1-2-9-18-15;1-2/h1-5,8-9,12-13H,6-7,10-11H2,(H2,19,20,22);1-2H3. The maximum atomic E-state index is 5.36. The van der Waals surface area contributed by atoms with Gasteiger partial charge in [0, 0.05) is 31.5 Å². The quantitative estimate of drug-likeness (QED) is 0.833. The van der Waals surface area contributed by atoms with Crippen LogP contribution in [0.3, 0.4) is 0 Å². The van der Waals surface area contributed by atoms with Crippen molar-refractivity contribution in [1.82, 2.24) is 15.3 Å². The van der Waals surface area contributed by atoms with Crippen LogP contribution in [0, 0.1) is 0 Å². The second kappa shape index (κ2) is 9.82. The van der Waals surface area contributed by atoms with Crippen LogP contribution >= 0.6 is 12.2 Å². The summed E-state index contributed by atoms with van der Waals surface area (Å²) in [6, 6.07) is 10.3. The summed E-state index contributed by atoms with van der Waals surface area (Å²) in [5.74, 6) is 1.05. The van der Waals surface area contributed by atoms with Crippen LogP contribution in [0.4, 0.5) is 11.5 Å². The number of pyridine rings is 2. The summed E-state index contributed by atoms with van der Waals surface area (Å²) in [7, 11) is 0. The van der Waals surface area contributed by atoms with E-state index in [2.05, 4.69) is 31.6 Å². The van der Waals surface area contributed by atoms with Gasteiger partial charge in [-0.3, -0.25) is 4.98 Å². The average molecular weight is 344 g/mol. The zero-order chi connectivity index (χ0) is 17.2. The molecule has 1 saturated heterocycles. The number of nitrogens with one attached hydrogen (secondary N) is 2. The predicted octanol–water partition coefficient (Wildman–Crippen LogP) is 3.46. The molecule has 0 aromatic carbocycles. The number of nitrogens with zero attached hydrogens (tertiary/aromatic N) is 3. The van der Waals surface area contributed by atoms with Gasteiger partial charge in [-0.15, -0.1) is 0 Å². The number of rotatable bonds is 3. The van der Waals surface area contributed by atoms with Crippen molar-refractivity contribution in [2.45, 2.75) is 32.7 Å². The van der Waals surface area contributed by atoms with E-state index < -0.39 is 0 Å². The molecule has 2 aromatic rings. The van der Waals surface area contributed by atoms with Crippen LogP contribution in [0.25, 0.3) is 0 Å². The molecule has 1 aliphatic heterocycles. The second-order valence-corrected chi connectivity index (χ2v) is 5.70. The predicted molar refractivity (Wildman–Crippen MR) is 104 cm³/mol. The first-order valence-corrected chi connectivity index (χ1v) is 8.85. The summed E-state index contributed by atoms with van der Waals surface area (Å²) < 4.78 is 0. The number of hydrogen-bond acceptors (Lipinski definition) is 4. The Balaban J connectivity index is 0.00000100. The molecule has 0 atom stereocenters. The van der Waals surface area contributed by atoms with Crippen LogP contribution in [-0.4, -0.2) is 34.2 Å². The van der Waals surface area contributed by atoms with E-state index in [1.165, 1.54) is 0 Å². The van der Waals surface area contributed by atoms with Crippen LogP contribution in [0.5, 0.6) is 0 Å². The van der Waals surface area contributed by atoms with Gasteiger partial charge in [0.15, 0.2) is 5.11 Å². The third kappa shape index (κ3) is 5.45. The monoisotopic (exact) mass is 343 g/mol. The zero-order valence-corrected chi connectivity index (χ0v) is 15.1. The summed E-state index contributed by atoms with van der Waals surface area (Å²) in [6.07, 6.45) is 7.44. The molecule has 24 heavy (non-hydrogen) atoms. The molecule has 1 aliphatic rings. The van der Waals surface area contributed by atoms with Crippen molar-refractivity contribution in [3.8, 4) is 0 Å². The van der Waals surface area contributed by atoms with Crippen LogP contribution in [0.2, 0.25) is 0 Å². The molecule has 0 radical (unpaired) electrons. The molecule has 0 saturated carbocycles. The summed E-state index contributed by atoms with van der Waals surface area (Å²) in [4.78, 5) is 10.8. The fourth-order valence-corrected chi connectivity index (χ4v) is 2.87. The molecule has 5 nitrogen and oxygen atoms in total. The van der Waals surface area contributed by atoms with Crippen molar-refractivity contribution in [1.29, 1.82) is 0 Å². The third-order valence-corrected chi connectivity index (χ3v) is 3.94. The van der Waals surface area contributed by atoms with Crippen molar-refractivity contribution in [3.63, 3.8) is 0 Å². The van der Waals surface area contributed by atoms with Gasteiger partial charge in [-0.2, -0.15) is 0 Å². The molecular formula is C18H25N5S. The van der Waals surface area contributed by atoms with E-state index in [4.69, 9.17) is 12.2 Å². The fourth-order valence-electron chi connectivity index (χ4n) is 2.58. The molecule has 0 spiro atoms. The van der Waals surface area contributed by atoms with Gasteiger partial charge in [-0.1, -0.05) is 19.9 Å². The summed E-state index contributed by atoms with van der Waals surface area (Å²) in [5.41, 5.74) is 0.908. The minimum Gasteiger partial charge on any atom is -0.360 e. The highest BCUT2D eigenvalue weighted by molar-refractivity contribution is 7.80. The lowest BCUT2D eigenvalue weighted by atomic mass is 10.1. The molecule has 6 heteroatoms. The van der Waals surface area contributed by atoms with Crippen LogP contribution < -0.4 is 15.5 Å². The first kappa shape index (κ1) is 18.1. The Hall–Kier alpha value is -2.21. The van der Waals surface area contributed by atoms with E-state index in [1.807, 2.05) is 44.3 Å². The molecule has 1 fully saturated rings. The van der Waals surface area contributed by atoms with Gasteiger partial charge in [0.25, 0.3) is 0 Å². The van der Waals surface area contributed by atoms with E-state index in [-0.39, 0.29) is 0 Å². The minimum atomic E-state index is 0.400. The van der Waals surface area contributed by atoms with Crippen molar-refractivity contribution < 1.29 is 0 Å². The highest BCUT2D eigenvalue weighted by atomic mass is 32.1. The number of anilines is 2. The Bertz CT molecular complexity index is 597. The largest absolute Gasteiger partial charge is 0.360 e. The summed E-state index contributed by atoms with van der Waals surface area (Å²) in [6.45, 7) is 5.98. The van der Waals surface area contributed by atoms with Crippen molar-refractivity contribution in [2.75, 3.05) is 23.3 Å². The summed E-state index contributed by atoms with van der Waals surface area (Å²) >= 11 is 5.36. The Labute approximate surface area is 149 Å². The smallest absolute Gasteiger partial charge is 0.171 e. The first-order valence-electron chi connectivity index (χ1n) is 8.45. The second-order valence-electron chi connectivity index (χ2n) is 5.29. The lowest BCUT2D eigenvalue weighted by Crippen LogP contribution is -2.46. The van der Waals surface area contributed by atoms with Crippen molar-refractivity contribution in [2.24, 2.45) is 0 Å². The molecule has 2 N–H and O–H groups in total. The summed E-state index contributed by atoms with van der Waals surface area (Å²) in [5, 5.41) is 7.21. The molecule has 0 unspecified atom stereocenters. The van der Waals surface area contributed by atoms with E-state index in [1.54, 1.807) is 12.4 Å².